The molecule has 0 bridgehead atoms. The standard InChI is InChI=1S/C21H27N5O7S2/c1-3-33-21(29)24-8-6-23(7-9-24)19(28)14-34-13-18(27)22-20-25(10-11-32-2)16-5-4-15(26(30)31)12-17(16)35-20/h4-5,12H,3,6-11,13-14H2,1-2H3. The van der Waals surface area contributed by atoms with Crippen LogP contribution in [0.1, 0.15) is 6.92 Å². The van der Waals surface area contributed by atoms with Crippen LogP contribution in [0.2, 0.25) is 0 Å². The van der Waals surface area contributed by atoms with Crippen LogP contribution in [0, 0.1) is 10.1 Å². The molecule has 1 aromatic carbocycles. The van der Waals surface area contributed by atoms with E-state index < -0.39 is 10.8 Å². The van der Waals surface area contributed by atoms with Crippen LogP contribution in [-0.4, -0.2) is 95.2 Å². The Bertz CT molecular complexity index is 1150. The van der Waals surface area contributed by atoms with Gasteiger partial charge in [-0.15, -0.1) is 11.8 Å². The van der Waals surface area contributed by atoms with Crippen molar-refractivity contribution in [2.24, 2.45) is 4.99 Å². The Morgan fingerprint density at radius 1 is 1.17 bits per heavy atom. The molecule has 3 rings (SSSR count). The van der Waals surface area contributed by atoms with E-state index in [0.717, 1.165) is 5.52 Å². The summed E-state index contributed by atoms with van der Waals surface area (Å²) in [5.41, 5.74) is 0.696. The Kier molecular flexibility index (Phi) is 9.63. The van der Waals surface area contributed by atoms with Gasteiger partial charge in [0, 0.05) is 52.0 Å². The fourth-order valence-corrected chi connectivity index (χ4v) is 5.27. The number of nitrogens with zero attached hydrogens (tertiary/aromatic N) is 5. The summed E-state index contributed by atoms with van der Waals surface area (Å²) in [6, 6.07) is 4.51. The van der Waals surface area contributed by atoms with Gasteiger partial charge in [-0.05, 0) is 13.0 Å². The maximum atomic E-state index is 12.5. The summed E-state index contributed by atoms with van der Waals surface area (Å²) in [6.07, 6.45) is -0.375. The van der Waals surface area contributed by atoms with E-state index in [1.165, 1.54) is 35.2 Å². The molecule has 0 atom stereocenters. The number of carbonyl (C=O) groups excluding carboxylic acids is 3. The number of thioether (sulfide) groups is 1. The highest BCUT2D eigenvalue weighted by Gasteiger charge is 2.24. The summed E-state index contributed by atoms with van der Waals surface area (Å²) in [4.78, 5) is 55.2. The number of thiazole rings is 1. The quantitative estimate of drug-likeness (QED) is 0.357. The first kappa shape index (κ1) is 26.6. The minimum atomic E-state index is -0.467. The number of rotatable bonds is 9. The van der Waals surface area contributed by atoms with Crippen LogP contribution in [0.4, 0.5) is 10.5 Å². The van der Waals surface area contributed by atoms with E-state index in [9.17, 15) is 24.5 Å². The van der Waals surface area contributed by atoms with Crippen LogP contribution in [-0.2, 0) is 25.6 Å². The van der Waals surface area contributed by atoms with E-state index >= 15 is 0 Å². The second-order valence-electron chi connectivity index (χ2n) is 7.50. The number of amides is 3. The van der Waals surface area contributed by atoms with Crippen molar-refractivity contribution in [1.82, 2.24) is 14.4 Å². The fourth-order valence-electron chi connectivity index (χ4n) is 3.47. The fraction of sp³-hybridized carbons (Fsp3) is 0.524. The van der Waals surface area contributed by atoms with Crippen molar-refractivity contribution >= 4 is 56.9 Å². The van der Waals surface area contributed by atoms with E-state index in [4.69, 9.17) is 9.47 Å². The Morgan fingerprint density at radius 3 is 2.54 bits per heavy atom. The Labute approximate surface area is 209 Å². The first-order chi connectivity index (χ1) is 16.8. The smallest absolute Gasteiger partial charge is 0.409 e. The molecule has 0 N–H and O–H groups in total. The molecule has 1 aliphatic rings. The number of aromatic nitrogens is 1. The van der Waals surface area contributed by atoms with Crippen LogP contribution in [0.5, 0.6) is 0 Å². The van der Waals surface area contributed by atoms with Gasteiger partial charge >= 0.3 is 6.09 Å². The first-order valence-corrected chi connectivity index (χ1v) is 12.9. The molecule has 0 unspecified atom stereocenters. The van der Waals surface area contributed by atoms with Gasteiger partial charge in [-0.25, -0.2) is 4.79 Å². The predicted molar refractivity (Wildman–Crippen MR) is 131 cm³/mol. The number of piperazine rings is 1. The maximum Gasteiger partial charge on any atom is 0.409 e. The average Bonchev–Trinajstić information content (AvgIpc) is 3.18. The van der Waals surface area contributed by atoms with Crippen LogP contribution >= 0.6 is 23.1 Å². The van der Waals surface area contributed by atoms with Gasteiger partial charge in [-0.2, -0.15) is 4.99 Å². The predicted octanol–water partition coefficient (Wildman–Crippen LogP) is 1.72. The summed E-state index contributed by atoms with van der Waals surface area (Å²) in [6.45, 7) is 4.54. The third-order valence-electron chi connectivity index (χ3n) is 5.23. The highest BCUT2D eigenvalue weighted by molar-refractivity contribution is 8.00. The molecule has 3 amide bonds. The second kappa shape index (κ2) is 12.7. The van der Waals surface area contributed by atoms with E-state index in [0.29, 0.717) is 55.4 Å². The van der Waals surface area contributed by atoms with Crippen molar-refractivity contribution < 1.29 is 28.8 Å². The number of fused-ring (bicyclic) bond motifs is 1. The molecule has 1 aromatic heterocycles. The number of hydrogen-bond acceptors (Lipinski definition) is 9. The number of benzene rings is 1. The molecule has 0 spiro atoms. The number of ether oxygens (including phenoxy) is 2. The molecule has 1 aliphatic heterocycles. The molecule has 12 nitrogen and oxygen atoms in total. The van der Waals surface area contributed by atoms with Gasteiger partial charge in [0.25, 0.3) is 11.6 Å². The number of methoxy groups -OCH3 is 1. The molecule has 0 aliphatic carbocycles. The highest BCUT2D eigenvalue weighted by atomic mass is 32.2. The molecule has 0 saturated carbocycles. The molecule has 0 radical (unpaired) electrons. The van der Waals surface area contributed by atoms with Gasteiger partial charge in [-0.1, -0.05) is 11.3 Å². The summed E-state index contributed by atoms with van der Waals surface area (Å²) in [5, 5.41) is 11.1. The van der Waals surface area contributed by atoms with Crippen LogP contribution in [0.25, 0.3) is 10.2 Å². The highest BCUT2D eigenvalue weighted by Crippen LogP contribution is 2.23. The van der Waals surface area contributed by atoms with Crippen LogP contribution < -0.4 is 4.80 Å². The number of nitro benzene ring substituents is 1. The maximum absolute atomic E-state index is 12.5. The first-order valence-electron chi connectivity index (χ1n) is 11.0. The topological polar surface area (TPSA) is 137 Å². The third kappa shape index (κ3) is 7.02. The van der Waals surface area contributed by atoms with Gasteiger partial charge in [-0.3, -0.25) is 19.7 Å². The van der Waals surface area contributed by atoms with Crippen molar-refractivity contribution in [2.75, 3.05) is 58.0 Å². The van der Waals surface area contributed by atoms with Crippen molar-refractivity contribution in [3.05, 3.63) is 33.1 Å². The molecule has 2 heterocycles. The van der Waals surface area contributed by atoms with E-state index in [2.05, 4.69) is 4.99 Å². The number of hydrogen-bond donors (Lipinski definition) is 0. The minimum Gasteiger partial charge on any atom is -0.450 e. The minimum absolute atomic E-state index is 0.0210. The molecular formula is C21H27N5O7S2. The zero-order valence-corrected chi connectivity index (χ0v) is 21.1. The number of non-ortho nitro benzene ring substituents is 1. The lowest BCUT2D eigenvalue weighted by Crippen LogP contribution is -2.51. The Morgan fingerprint density at radius 2 is 1.89 bits per heavy atom. The average molecular weight is 526 g/mol. The summed E-state index contributed by atoms with van der Waals surface area (Å²) in [7, 11) is 1.56. The van der Waals surface area contributed by atoms with Crippen molar-refractivity contribution in [1.29, 1.82) is 0 Å². The lowest BCUT2D eigenvalue weighted by molar-refractivity contribution is -0.384. The normalized spacial score (nSPS) is 14.4. The summed E-state index contributed by atoms with van der Waals surface area (Å²) >= 11 is 2.37. The number of carbonyl (C=O) groups is 3. The molecule has 190 valence electrons. The van der Waals surface area contributed by atoms with Crippen molar-refractivity contribution in [3.63, 3.8) is 0 Å². The number of nitro groups is 1. The molecule has 1 fully saturated rings. The van der Waals surface area contributed by atoms with Crippen LogP contribution in [0.3, 0.4) is 0 Å². The zero-order valence-electron chi connectivity index (χ0n) is 19.5. The van der Waals surface area contributed by atoms with E-state index in [1.807, 2.05) is 0 Å². The van der Waals surface area contributed by atoms with Gasteiger partial charge in [0.05, 0.1) is 39.9 Å². The molecule has 35 heavy (non-hydrogen) atoms. The van der Waals surface area contributed by atoms with E-state index in [-0.39, 0.29) is 29.2 Å². The van der Waals surface area contributed by atoms with Gasteiger partial charge in [0.15, 0.2) is 4.80 Å². The monoisotopic (exact) mass is 525 g/mol. The summed E-state index contributed by atoms with van der Waals surface area (Å²) < 4.78 is 12.6. The zero-order chi connectivity index (χ0) is 25.4. The van der Waals surface area contributed by atoms with Gasteiger partial charge in [0.1, 0.15) is 0 Å². The largest absolute Gasteiger partial charge is 0.450 e. The lowest BCUT2D eigenvalue weighted by atomic mass is 10.3. The van der Waals surface area contributed by atoms with Crippen molar-refractivity contribution in [2.45, 2.75) is 13.5 Å². The SMILES string of the molecule is CCOC(=O)N1CCN(C(=O)CSCC(=O)N=c2sc3cc([N+](=O)[O-])ccc3n2CCOC)CC1. The second-order valence-corrected chi connectivity index (χ2v) is 9.50. The molecule has 2 aromatic rings. The van der Waals surface area contributed by atoms with Crippen molar-refractivity contribution in [3.8, 4) is 0 Å². The Hall–Kier alpha value is -2.97. The molecular weight excluding hydrogens is 498 g/mol. The Balaban J connectivity index is 1.59. The van der Waals surface area contributed by atoms with Crippen LogP contribution in [0.15, 0.2) is 23.2 Å². The molecule has 14 heteroatoms. The van der Waals surface area contributed by atoms with Gasteiger partial charge in [0.2, 0.25) is 5.91 Å². The summed E-state index contributed by atoms with van der Waals surface area (Å²) in [5.74, 6) is -0.353. The van der Waals surface area contributed by atoms with E-state index in [1.54, 1.807) is 34.5 Å². The molecule has 1 saturated heterocycles. The van der Waals surface area contributed by atoms with Gasteiger partial charge < -0.3 is 23.8 Å². The lowest BCUT2D eigenvalue weighted by Gasteiger charge is -2.34. The third-order valence-corrected chi connectivity index (χ3v) is 7.17.